The lowest BCUT2D eigenvalue weighted by Gasteiger charge is -2.35. The zero-order valence-corrected chi connectivity index (χ0v) is 21.7. The van der Waals surface area contributed by atoms with E-state index >= 15 is 0 Å². The van der Waals surface area contributed by atoms with Crippen molar-refractivity contribution in [2.45, 2.75) is 44.1 Å². The van der Waals surface area contributed by atoms with Gasteiger partial charge >= 0.3 is 5.97 Å². The van der Waals surface area contributed by atoms with Crippen LogP contribution in [-0.2, 0) is 21.4 Å². The number of para-hydroxylation sites is 1. The van der Waals surface area contributed by atoms with Gasteiger partial charge < -0.3 is 20.5 Å². The van der Waals surface area contributed by atoms with Crippen molar-refractivity contribution in [3.63, 3.8) is 0 Å². The molecule has 0 amide bonds. The molecule has 194 valence electrons. The van der Waals surface area contributed by atoms with Crippen LogP contribution in [0.4, 0.5) is 5.82 Å². The predicted molar refractivity (Wildman–Crippen MR) is 150 cm³/mol. The fourth-order valence-electron chi connectivity index (χ4n) is 6.21. The lowest BCUT2D eigenvalue weighted by atomic mass is 9.74. The van der Waals surface area contributed by atoms with Gasteiger partial charge in [0.05, 0.1) is 13.0 Å². The number of nitrogen functional groups attached to an aromatic ring is 1. The number of carbonyl (C=O) groups is 1. The second kappa shape index (κ2) is 10.1. The summed E-state index contributed by atoms with van der Waals surface area (Å²) in [5, 5.41) is 5.56. The number of anilines is 1. The molecule has 1 saturated heterocycles. The summed E-state index contributed by atoms with van der Waals surface area (Å²) in [6, 6.07) is 23.0. The monoisotopic (exact) mass is 507 g/mol. The molecule has 4 aromatic rings. The van der Waals surface area contributed by atoms with Crippen molar-refractivity contribution in [3.05, 3.63) is 89.6 Å². The Hall–Kier alpha value is -3.90. The van der Waals surface area contributed by atoms with E-state index in [-0.39, 0.29) is 23.9 Å². The standard InChI is InChI=1S/C32H33N3O3/c1-2-37-30(36)19-24-5-3-4-6-28(24)38-29-20-32(12-15-34-16-13-32)27-10-9-23(18-26(27)29)22-8-7-21-11-14-35-31(33)25(21)17-22/h3-11,14,17-18,29,34H,2,12-13,15-16,19-20H2,1H3,(H2,33,35)/t29-/m1/s1. The van der Waals surface area contributed by atoms with Gasteiger partial charge in [-0.1, -0.05) is 42.5 Å². The Morgan fingerprint density at radius 1 is 1.05 bits per heavy atom. The van der Waals surface area contributed by atoms with E-state index in [9.17, 15) is 4.79 Å². The maximum atomic E-state index is 12.3. The molecular formula is C32H33N3O3. The summed E-state index contributed by atoms with van der Waals surface area (Å²) >= 11 is 0. The highest BCUT2D eigenvalue weighted by molar-refractivity contribution is 5.94. The summed E-state index contributed by atoms with van der Waals surface area (Å²) in [7, 11) is 0. The van der Waals surface area contributed by atoms with Crippen LogP contribution >= 0.6 is 0 Å². The first-order valence-corrected chi connectivity index (χ1v) is 13.5. The number of benzene rings is 3. The van der Waals surface area contributed by atoms with Gasteiger partial charge in [0.25, 0.3) is 0 Å². The number of hydrogen-bond donors (Lipinski definition) is 2. The average molecular weight is 508 g/mol. The summed E-state index contributed by atoms with van der Waals surface area (Å²) in [5.41, 5.74) is 12.0. The van der Waals surface area contributed by atoms with Crippen molar-refractivity contribution in [2.24, 2.45) is 0 Å². The lowest BCUT2D eigenvalue weighted by Crippen LogP contribution is -2.38. The van der Waals surface area contributed by atoms with Crippen LogP contribution in [0.5, 0.6) is 5.75 Å². The number of pyridine rings is 1. The Morgan fingerprint density at radius 3 is 2.68 bits per heavy atom. The minimum Gasteiger partial charge on any atom is -0.485 e. The van der Waals surface area contributed by atoms with Gasteiger partial charge in [-0.25, -0.2) is 4.98 Å². The fourth-order valence-corrected chi connectivity index (χ4v) is 6.21. The summed E-state index contributed by atoms with van der Waals surface area (Å²) in [5.74, 6) is 1.05. The van der Waals surface area contributed by atoms with Crippen molar-refractivity contribution in [1.82, 2.24) is 10.3 Å². The summed E-state index contributed by atoms with van der Waals surface area (Å²) < 4.78 is 12.0. The highest BCUT2D eigenvalue weighted by Gasteiger charge is 2.45. The number of piperidine rings is 1. The number of rotatable bonds is 6. The van der Waals surface area contributed by atoms with Gasteiger partial charge in [-0.2, -0.15) is 0 Å². The molecule has 1 fully saturated rings. The Bertz CT molecular complexity index is 1490. The number of nitrogens with one attached hydrogen (secondary N) is 1. The molecular weight excluding hydrogens is 474 g/mol. The van der Waals surface area contributed by atoms with E-state index in [1.54, 1.807) is 6.20 Å². The minimum absolute atomic E-state index is 0.0948. The average Bonchev–Trinajstić information content (AvgIpc) is 3.22. The highest BCUT2D eigenvalue weighted by atomic mass is 16.5. The summed E-state index contributed by atoms with van der Waals surface area (Å²) in [6.45, 7) is 4.20. The third-order valence-corrected chi connectivity index (χ3v) is 8.12. The van der Waals surface area contributed by atoms with Crippen LogP contribution < -0.4 is 15.8 Å². The maximum absolute atomic E-state index is 12.3. The Morgan fingerprint density at radius 2 is 1.84 bits per heavy atom. The third kappa shape index (κ3) is 4.50. The minimum atomic E-state index is -0.238. The van der Waals surface area contributed by atoms with E-state index in [1.165, 1.54) is 11.1 Å². The zero-order chi connectivity index (χ0) is 26.1. The molecule has 0 bridgehead atoms. The van der Waals surface area contributed by atoms with Crippen LogP contribution in [0.15, 0.2) is 72.9 Å². The second-order valence-electron chi connectivity index (χ2n) is 10.4. The summed E-state index contributed by atoms with van der Waals surface area (Å²) in [4.78, 5) is 16.5. The van der Waals surface area contributed by atoms with E-state index in [0.29, 0.717) is 12.4 Å². The summed E-state index contributed by atoms with van der Waals surface area (Å²) in [6.07, 6.45) is 4.94. The first kappa shape index (κ1) is 24.4. The number of nitrogens with zero attached hydrogens (tertiary/aromatic N) is 1. The van der Waals surface area contributed by atoms with E-state index in [2.05, 4.69) is 46.7 Å². The molecule has 1 atom stereocenters. The first-order valence-electron chi connectivity index (χ1n) is 13.5. The number of aromatic nitrogens is 1. The molecule has 0 radical (unpaired) electrons. The second-order valence-corrected chi connectivity index (χ2v) is 10.4. The number of fused-ring (bicyclic) bond motifs is 3. The number of nitrogens with two attached hydrogens (primary N) is 1. The number of carbonyl (C=O) groups excluding carboxylic acids is 1. The van der Waals surface area contributed by atoms with Crippen molar-refractivity contribution in [2.75, 3.05) is 25.4 Å². The van der Waals surface area contributed by atoms with Gasteiger partial charge in [-0.3, -0.25) is 4.79 Å². The maximum Gasteiger partial charge on any atom is 0.310 e. The molecule has 1 aliphatic heterocycles. The molecule has 0 saturated carbocycles. The normalized spacial score (nSPS) is 17.9. The highest BCUT2D eigenvalue weighted by Crippen LogP contribution is 2.52. The van der Waals surface area contributed by atoms with Crippen molar-refractivity contribution in [1.29, 1.82) is 0 Å². The van der Waals surface area contributed by atoms with E-state index < -0.39 is 0 Å². The predicted octanol–water partition coefficient (Wildman–Crippen LogP) is 5.73. The van der Waals surface area contributed by atoms with Gasteiger partial charge in [-0.15, -0.1) is 0 Å². The topological polar surface area (TPSA) is 86.5 Å². The SMILES string of the molecule is CCOC(=O)Cc1ccccc1O[C@@H]1CC2(CCNCC2)c2ccc(-c3ccc4ccnc(N)c4c3)cc21. The smallest absolute Gasteiger partial charge is 0.310 e. The molecule has 3 aromatic carbocycles. The van der Waals surface area contributed by atoms with Crippen LogP contribution in [0, 0.1) is 0 Å². The molecule has 1 spiro atoms. The Kier molecular flexibility index (Phi) is 6.50. The van der Waals surface area contributed by atoms with E-state index in [4.69, 9.17) is 15.2 Å². The zero-order valence-electron chi connectivity index (χ0n) is 21.7. The van der Waals surface area contributed by atoms with Crippen molar-refractivity contribution < 1.29 is 14.3 Å². The van der Waals surface area contributed by atoms with Gasteiger partial charge in [-0.05, 0) is 91.2 Å². The van der Waals surface area contributed by atoms with Crippen LogP contribution in [0.3, 0.4) is 0 Å². The van der Waals surface area contributed by atoms with Gasteiger partial charge in [0.15, 0.2) is 0 Å². The number of ether oxygens (including phenoxy) is 2. The molecule has 0 unspecified atom stereocenters. The van der Waals surface area contributed by atoms with Crippen LogP contribution in [-0.4, -0.2) is 30.6 Å². The number of esters is 1. The van der Waals surface area contributed by atoms with Crippen molar-refractivity contribution >= 4 is 22.6 Å². The molecule has 38 heavy (non-hydrogen) atoms. The Balaban J connectivity index is 1.39. The molecule has 2 aliphatic rings. The van der Waals surface area contributed by atoms with Crippen LogP contribution in [0.1, 0.15) is 49.0 Å². The molecule has 1 aromatic heterocycles. The van der Waals surface area contributed by atoms with Crippen LogP contribution in [0.2, 0.25) is 0 Å². The van der Waals surface area contributed by atoms with E-state index in [1.807, 2.05) is 37.3 Å². The molecule has 1 aliphatic carbocycles. The van der Waals surface area contributed by atoms with Crippen LogP contribution in [0.25, 0.3) is 21.9 Å². The molecule has 3 N–H and O–H groups in total. The molecule has 6 rings (SSSR count). The van der Waals surface area contributed by atoms with Gasteiger partial charge in [0, 0.05) is 22.6 Å². The van der Waals surface area contributed by atoms with Gasteiger partial charge in [0.1, 0.15) is 17.7 Å². The molecule has 2 heterocycles. The quantitative estimate of drug-likeness (QED) is 0.324. The molecule has 6 nitrogen and oxygen atoms in total. The third-order valence-electron chi connectivity index (χ3n) is 8.12. The first-order chi connectivity index (χ1) is 18.6. The molecule has 6 heteroatoms. The lowest BCUT2D eigenvalue weighted by molar-refractivity contribution is -0.142. The number of hydrogen-bond acceptors (Lipinski definition) is 6. The van der Waals surface area contributed by atoms with Gasteiger partial charge in [0.2, 0.25) is 0 Å². The largest absolute Gasteiger partial charge is 0.485 e. The fraction of sp³-hybridized carbons (Fsp3) is 0.312. The Labute approximate surface area is 223 Å². The van der Waals surface area contributed by atoms with Crippen molar-refractivity contribution in [3.8, 4) is 16.9 Å². The van der Waals surface area contributed by atoms with E-state index in [0.717, 1.165) is 65.6 Å².